The summed E-state index contributed by atoms with van der Waals surface area (Å²) >= 11 is 1.62. The Labute approximate surface area is 117 Å². The van der Waals surface area contributed by atoms with Gasteiger partial charge in [-0.2, -0.15) is 0 Å². The molecule has 0 radical (unpaired) electrons. The normalized spacial score (nSPS) is 10.4. The van der Waals surface area contributed by atoms with E-state index < -0.39 is 0 Å². The second-order valence-electron chi connectivity index (χ2n) is 4.49. The van der Waals surface area contributed by atoms with Crippen LogP contribution in [0.1, 0.15) is 22.4 Å². The molecule has 100 valence electrons. The number of benzene rings is 1. The third kappa shape index (κ3) is 4.48. The fraction of sp³-hybridized carbons (Fsp3) is 0.333. The second kappa shape index (κ2) is 7.04. The highest BCUT2D eigenvalue weighted by Crippen LogP contribution is 2.09. The minimum atomic E-state index is 0.118. The number of hydrogen-bond acceptors (Lipinski definition) is 3. The standard InChI is InChI=1S/C15H18N2OS/c1-12-4-2-3-5-13(12)6-7-15(18)17-9-8-14-10-16-11-19-14/h2-5,10-11H,6-9H2,1H3,(H,17,18). The molecule has 19 heavy (non-hydrogen) atoms. The molecule has 0 unspecified atom stereocenters. The lowest BCUT2D eigenvalue weighted by Gasteiger charge is -2.06. The predicted octanol–water partition coefficient (Wildman–Crippen LogP) is 2.74. The average molecular weight is 274 g/mol. The molecule has 3 nitrogen and oxygen atoms in total. The maximum Gasteiger partial charge on any atom is 0.220 e. The van der Waals surface area contributed by atoms with Crippen molar-refractivity contribution >= 4 is 17.2 Å². The number of carbonyl (C=O) groups excluding carboxylic acids is 1. The van der Waals surface area contributed by atoms with Crippen molar-refractivity contribution in [3.63, 3.8) is 0 Å². The van der Waals surface area contributed by atoms with Crippen molar-refractivity contribution in [2.45, 2.75) is 26.2 Å². The molecule has 0 aliphatic carbocycles. The summed E-state index contributed by atoms with van der Waals surface area (Å²) in [6.07, 6.45) is 4.07. The lowest BCUT2D eigenvalue weighted by Crippen LogP contribution is -2.25. The number of nitrogens with one attached hydrogen (secondary N) is 1. The summed E-state index contributed by atoms with van der Waals surface area (Å²) in [6.45, 7) is 2.77. The molecule has 1 aromatic carbocycles. The van der Waals surface area contributed by atoms with Crippen LogP contribution in [0.3, 0.4) is 0 Å². The fourth-order valence-electron chi connectivity index (χ4n) is 1.92. The van der Waals surface area contributed by atoms with E-state index >= 15 is 0 Å². The number of hydrogen-bond donors (Lipinski definition) is 1. The SMILES string of the molecule is Cc1ccccc1CCC(=O)NCCc1cncs1. The molecule has 2 rings (SSSR count). The summed E-state index contributed by atoms with van der Waals surface area (Å²) in [6, 6.07) is 8.20. The summed E-state index contributed by atoms with van der Waals surface area (Å²) in [4.78, 5) is 17.0. The Morgan fingerprint density at radius 1 is 1.32 bits per heavy atom. The van der Waals surface area contributed by atoms with Crippen molar-refractivity contribution in [1.29, 1.82) is 0 Å². The van der Waals surface area contributed by atoms with Gasteiger partial charge in [-0.25, -0.2) is 0 Å². The lowest BCUT2D eigenvalue weighted by atomic mass is 10.0. The molecule has 0 bridgehead atoms. The molecule has 2 aromatic rings. The number of amides is 1. The van der Waals surface area contributed by atoms with Crippen LogP contribution in [-0.2, 0) is 17.6 Å². The molecule has 0 spiro atoms. The zero-order valence-electron chi connectivity index (χ0n) is 11.1. The summed E-state index contributed by atoms with van der Waals surface area (Å²) < 4.78 is 0. The third-order valence-corrected chi connectivity index (χ3v) is 3.90. The average Bonchev–Trinajstić information content (AvgIpc) is 2.91. The Morgan fingerprint density at radius 2 is 2.16 bits per heavy atom. The molecule has 0 fully saturated rings. The molecule has 1 amide bonds. The number of carbonyl (C=O) groups is 1. The number of rotatable bonds is 6. The van der Waals surface area contributed by atoms with Gasteiger partial charge in [-0.1, -0.05) is 24.3 Å². The van der Waals surface area contributed by atoms with E-state index in [9.17, 15) is 4.79 Å². The van der Waals surface area contributed by atoms with Gasteiger partial charge in [0.25, 0.3) is 0 Å². The first-order valence-corrected chi connectivity index (χ1v) is 7.32. The highest BCUT2D eigenvalue weighted by molar-refractivity contribution is 7.09. The van der Waals surface area contributed by atoms with Gasteiger partial charge in [0.1, 0.15) is 0 Å². The second-order valence-corrected chi connectivity index (χ2v) is 5.47. The molecule has 1 heterocycles. The van der Waals surface area contributed by atoms with Gasteiger partial charge in [-0.15, -0.1) is 11.3 Å². The number of aromatic nitrogens is 1. The minimum absolute atomic E-state index is 0.118. The summed E-state index contributed by atoms with van der Waals surface area (Å²) in [5.74, 6) is 0.118. The molecular weight excluding hydrogens is 256 g/mol. The summed E-state index contributed by atoms with van der Waals surface area (Å²) in [5, 5.41) is 2.95. The van der Waals surface area contributed by atoms with E-state index in [1.165, 1.54) is 16.0 Å². The zero-order chi connectivity index (χ0) is 13.5. The Bertz CT molecular complexity index is 523. The summed E-state index contributed by atoms with van der Waals surface area (Å²) in [5.41, 5.74) is 4.31. The van der Waals surface area contributed by atoms with E-state index in [0.717, 1.165) is 12.8 Å². The minimum Gasteiger partial charge on any atom is -0.356 e. The topological polar surface area (TPSA) is 42.0 Å². The van der Waals surface area contributed by atoms with Crippen molar-refractivity contribution in [2.75, 3.05) is 6.54 Å². The van der Waals surface area contributed by atoms with Gasteiger partial charge in [0, 0.05) is 30.5 Å². The van der Waals surface area contributed by atoms with E-state index in [4.69, 9.17) is 0 Å². The van der Waals surface area contributed by atoms with E-state index in [-0.39, 0.29) is 5.91 Å². The first-order valence-electron chi connectivity index (χ1n) is 6.44. The zero-order valence-corrected chi connectivity index (χ0v) is 11.9. The van der Waals surface area contributed by atoms with Crippen LogP contribution >= 0.6 is 11.3 Å². The molecule has 0 saturated heterocycles. The monoisotopic (exact) mass is 274 g/mol. The lowest BCUT2D eigenvalue weighted by molar-refractivity contribution is -0.121. The Kier molecular flexibility index (Phi) is 5.10. The van der Waals surface area contributed by atoms with E-state index in [2.05, 4.69) is 29.4 Å². The van der Waals surface area contributed by atoms with Gasteiger partial charge >= 0.3 is 0 Å². The summed E-state index contributed by atoms with van der Waals surface area (Å²) in [7, 11) is 0. The van der Waals surface area contributed by atoms with Gasteiger partial charge < -0.3 is 5.32 Å². The molecular formula is C15H18N2OS. The highest BCUT2D eigenvalue weighted by Gasteiger charge is 2.04. The van der Waals surface area contributed by atoms with Crippen LogP contribution in [0.5, 0.6) is 0 Å². The van der Waals surface area contributed by atoms with Crippen LogP contribution in [0.25, 0.3) is 0 Å². The predicted molar refractivity (Wildman–Crippen MR) is 78.3 cm³/mol. The smallest absolute Gasteiger partial charge is 0.220 e. The first kappa shape index (κ1) is 13.7. The van der Waals surface area contributed by atoms with Crippen LogP contribution in [0, 0.1) is 6.92 Å². The molecule has 0 atom stereocenters. The van der Waals surface area contributed by atoms with Gasteiger partial charge in [0.15, 0.2) is 0 Å². The van der Waals surface area contributed by atoms with Crippen molar-refractivity contribution < 1.29 is 4.79 Å². The number of aryl methyl sites for hydroxylation is 2. The third-order valence-electron chi connectivity index (χ3n) is 3.06. The van der Waals surface area contributed by atoms with Gasteiger partial charge in [-0.05, 0) is 24.5 Å². The molecule has 0 saturated carbocycles. The largest absolute Gasteiger partial charge is 0.356 e. The highest BCUT2D eigenvalue weighted by atomic mass is 32.1. The Balaban J connectivity index is 1.69. The fourth-order valence-corrected chi connectivity index (χ4v) is 2.52. The molecule has 0 aliphatic heterocycles. The van der Waals surface area contributed by atoms with Crippen molar-refractivity contribution in [1.82, 2.24) is 10.3 Å². The van der Waals surface area contributed by atoms with E-state index in [0.29, 0.717) is 13.0 Å². The molecule has 1 N–H and O–H groups in total. The van der Waals surface area contributed by atoms with Crippen LogP contribution in [0.2, 0.25) is 0 Å². The van der Waals surface area contributed by atoms with Crippen LogP contribution in [0.4, 0.5) is 0 Å². The van der Waals surface area contributed by atoms with Gasteiger partial charge in [-0.3, -0.25) is 9.78 Å². The number of thiazole rings is 1. The van der Waals surface area contributed by atoms with Crippen LogP contribution in [-0.4, -0.2) is 17.4 Å². The van der Waals surface area contributed by atoms with Crippen molar-refractivity contribution in [3.8, 4) is 0 Å². The van der Waals surface area contributed by atoms with Crippen LogP contribution in [0.15, 0.2) is 36.0 Å². The Hall–Kier alpha value is -1.68. The molecule has 1 aromatic heterocycles. The van der Waals surface area contributed by atoms with Crippen LogP contribution < -0.4 is 5.32 Å². The van der Waals surface area contributed by atoms with Crippen molar-refractivity contribution in [3.05, 3.63) is 52.0 Å². The van der Waals surface area contributed by atoms with Gasteiger partial charge in [0.05, 0.1) is 5.51 Å². The maximum absolute atomic E-state index is 11.7. The maximum atomic E-state index is 11.7. The molecule has 0 aliphatic rings. The van der Waals surface area contributed by atoms with Crippen molar-refractivity contribution in [2.24, 2.45) is 0 Å². The van der Waals surface area contributed by atoms with E-state index in [1.807, 2.05) is 23.8 Å². The molecule has 4 heteroatoms. The van der Waals surface area contributed by atoms with E-state index in [1.54, 1.807) is 11.3 Å². The first-order chi connectivity index (χ1) is 9.25. The quantitative estimate of drug-likeness (QED) is 0.880. The Morgan fingerprint density at radius 3 is 2.89 bits per heavy atom. The number of nitrogens with zero attached hydrogens (tertiary/aromatic N) is 1. The van der Waals surface area contributed by atoms with Gasteiger partial charge in [0.2, 0.25) is 5.91 Å².